The van der Waals surface area contributed by atoms with Gasteiger partial charge in [0.1, 0.15) is 5.69 Å². The molecule has 0 N–H and O–H groups in total. The van der Waals surface area contributed by atoms with E-state index >= 15 is 0 Å². The lowest BCUT2D eigenvalue weighted by Crippen LogP contribution is -2.49. The Kier molecular flexibility index (Phi) is 5.90. The minimum atomic E-state index is -3.67. The first kappa shape index (κ1) is 21.7. The lowest BCUT2D eigenvalue weighted by atomic mass is 9.84. The van der Waals surface area contributed by atoms with Crippen LogP contribution in [0.25, 0.3) is 16.2 Å². The molecule has 0 radical (unpaired) electrons. The van der Waals surface area contributed by atoms with Gasteiger partial charge in [-0.2, -0.15) is 13.9 Å². The number of thiophene rings is 1. The highest BCUT2D eigenvalue weighted by molar-refractivity contribution is 7.13. The highest BCUT2D eigenvalue weighted by Crippen LogP contribution is 2.36. The van der Waals surface area contributed by atoms with E-state index in [0.717, 1.165) is 36.9 Å². The maximum atomic E-state index is 14.1. The summed E-state index contributed by atoms with van der Waals surface area (Å²) in [5, 5.41) is 2.21. The van der Waals surface area contributed by atoms with Crippen LogP contribution < -0.4 is 0 Å². The second kappa shape index (κ2) is 8.68. The molecule has 6 nitrogen and oxygen atoms in total. The fourth-order valence-electron chi connectivity index (χ4n) is 4.85. The second-order valence-electron chi connectivity index (χ2n) is 8.40. The molecule has 0 aliphatic carbocycles. The number of carbonyl (C=O) groups excluding carboxylic acids is 1. The quantitative estimate of drug-likeness (QED) is 0.372. The maximum absolute atomic E-state index is 14.1. The molecule has 10 heteroatoms. The molecule has 2 aliphatic heterocycles. The molecule has 32 heavy (non-hydrogen) atoms. The third-order valence-electron chi connectivity index (χ3n) is 6.36. The average molecular weight is 481 g/mol. The summed E-state index contributed by atoms with van der Waals surface area (Å²) in [4.78, 5) is 20.4. The Hall–Kier alpha value is -2.10. The van der Waals surface area contributed by atoms with Gasteiger partial charge in [-0.05, 0) is 67.9 Å². The molecule has 2 atom stereocenters. The summed E-state index contributed by atoms with van der Waals surface area (Å²) < 4.78 is 34.8. The summed E-state index contributed by atoms with van der Waals surface area (Å²) in [7, 11) is 0. The Morgan fingerprint density at radius 1 is 1.25 bits per heavy atom. The van der Waals surface area contributed by atoms with Crippen molar-refractivity contribution in [3.63, 3.8) is 0 Å². The summed E-state index contributed by atoms with van der Waals surface area (Å²) in [5.41, 5.74) is -0.132. The number of halogens is 3. The van der Waals surface area contributed by atoms with Crippen molar-refractivity contribution in [2.75, 3.05) is 19.7 Å². The SMILES string of the molecule is O=C(OC[C@@H]1CCCN2CCCC[C@H]12)c1cc2nc(-c3cccs3)cc(C(F)(F)Cl)n2n1. The molecule has 0 aromatic carbocycles. The van der Waals surface area contributed by atoms with Gasteiger partial charge >= 0.3 is 11.4 Å². The van der Waals surface area contributed by atoms with Crippen molar-refractivity contribution in [2.24, 2.45) is 5.92 Å². The van der Waals surface area contributed by atoms with Crippen LogP contribution in [0.5, 0.6) is 0 Å². The van der Waals surface area contributed by atoms with Crippen LogP contribution >= 0.6 is 22.9 Å². The molecule has 2 saturated heterocycles. The number of hydrogen-bond acceptors (Lipinski definition) is 6. The van der Waals surface area contributed by atoms with Crippen LogP contribution in [-0.4, -0.2) is 51.2 Å². The number of alkyl halides is 3. The summed E-state index contributed by atoms with van der Waals surface area (Å²) in [6, 6.07) is 6.61. The molecular weight excluding hydrogens is 458 g/mol. The average Bonchev–Trinajstić information content (AvgIpc) is 3.46. The molecule has 5 heterocycles. The standard InChI is InChI=1S/C22H23ClF2N4O2S/c23-22(24,25)19-11-15(18-7-4-10-32-18)26-20-12-16(27-29(19)20)21(30)31-13-14-5-3-9-28-8-2-1-6-17(14)28/h4,7,10-12,14,17H,1-3,5-6,8-9,13H2/t14-,17+/m0/s1. The predicted octanol–water partition coefficient (Wildman–Crippen LogP) is 5.17. The fourth-order valence-corrected chi connectivity index (χ4v) is 5.68. The van der Waals surface area contributed by atoms with Gasteiger partial charge in [0.05, 0.1) is 17.2 Å². The van der Waals surface area contributed by atoms with Crippen LogP contribution in [-0.2, 0) is 10.1 Å². The molecule has 0 spiro atoms. The van der Waals surface area contributed by atoms with Gasteiger partial charge < -0.3 is 4.74 Å². The van der Waals surface area contributed by atoms with E-state index in [4.69, 9.17) is 16.3 Å². The first-order chi connectivity index (χ1) is 15.4. The number of carbonyl (C=O) groups is 1. The van der Waals surface area contributed by atoms with E-state index in [2.05, 4.69) is 15.0 Å². The number of hydrogen-bond donors (Lipinski definition) is 0. The van der Waals surface area contributed by atoms with Crippen LogP contribution in [0.1, 0.15) is 48.3 Å². The zero-order valence-electron chi connectivity index (χ0n) is 17.3. The largest absolute Gasteiger partial charge is 0.461 e. The molecular formula is C22H23ClF2N4O2S. The lowest BCUT2D eigenvalue weighted by molar-refractivity contribution is 0.00696. The molecule has 2 fully saturated rings. The molecule has 0 bridgehead atoms. The monoisotopic (exact) mass is 480 g/mol. The minimum absolute atomic E-state index is 0.0562. The van der Waals surface area contributed by atoms with Crippen molar-refractivity contribution in [3.05, 3.63) is 41.0 Å². The zero-order valence-corrected chi connectivity index (χ0v) is 18.9. The number of ether oxygens (including phenoxy) is 1. The Morgan fingerprint density at radius 3 is 2.88 bits per heavy atom. The normalized spacial score (nSPS) is 22.1. The van der Waals surface area contributed by atoms with Gasteiger partial charge in [-0.15, -0.1) is 11.3 Å². The molecule has 0 unspecified atom stereocenters. The van der Waals surface area contributed by atoms with Crippen LogP contribution in [0.2, 0.25) is 0 Å². The first-order valence-corrected chi connectivity index (χ1v) is 12.1. The summed E-state index contributed by atoms with van der Waals surface area (Å²) in [5.74, 6) is -0.346. The second-order valence-corrected chi connectivity index (χ2v) is 9.82. The van der Waals surface area contributed by atoms with Crippen molar-refractivity contribution in [3.8, 4) is 10.6 Å². The number of nitrogens with zero attached hydrogens (tertiary/aromatic N) is 4. The maximum Gasteiger partial charge on any atom is 0.364 e. The number of piperidine rings is 2. The van der Waals surface area contributed by atoms with Crippen molar-refractivity contribution in [1.82, 2.24) is 19.5 Å². The number of fused-ring (bicyclic) bond motifs is 2. The Morgan fingerprint density at radius 2 is 2.09 bits per heavy atom. The van der Waals surface area contributed by atoms with E-state index in [-0.39, 0.29) is 17.3 Å². The van der Waals surface area contributed by atoms with Crippen molar-refractivity contribution < 1.29 is 18.3 Å². The fraction of sp³-hybridized carbons (Fsp3) is 0.500. The third-order valence-corrected chi connectivity index (χ3v) is 7.44. The number of esters is 1. The number of aromatic nitrogens is 3. The van der Waals surface area contributed by atoms with Gasteiger partial charge in [0.2, 0.25) is 0 Å². The van der Waals surface area contributed by atoms with E-state index in [1.165, 1.54) is 36.3 Å². The number of rotatable bonds is 5. The summed E-state index contributed by atoms with van der Waals surface area (Å²) in [6.45, 7) is 2.52. The van der Waals surface area contributed by atoms with E-state index in [0.29, 0.717) is 23.2 Å². The lowest BCUT2D eigenvalue weighted by Gasteiger charge is -2.44. The summed E-state index contributed by atoms with van der Waals surface area (Å²) >= 11 is 6.72. The molecule has 5 rings (SSSR count). The van der Waals surface area contributed by atoms with E-state index in [9.17, 15) is 13.6 Å². The van der Waals surface area contributed by atoms with Crippen molar-refractivity contribution in [1.29, 1.82) is 0 Å². The van der Waals surface area contributed by atoms with Gasteiger partial charge in [-0.3, -0.25) is 4.90 Å². The molecule has 3 aromatic heterocycles. The Balaban J connectivity index is 1.38. The minimum Gasteiger partial charge on any atom is -0.461 e. The van der Waals surface area contributed by atoms with Gasteiger partial charge in [0, 0.05) is 18.0 Å². The highest BCUT2D eigenvalue weighted by Gasteiger charge is 2.35. The van der Waals surface area contributed by atoms with E-state index < -0.39 is 17.0 Å². The molecule has 0 saturated carbocycles. The Labute approximate surface area is 193 Å². The highest BCUT2D eigenvalue weighted by atomic mass is 35.5. The summed E-state index contributed by atoms with van der Waals surface area (Å²) in [6.07, 6.45) is 5.66. The molecule has 2 aliphatic rings. The molecule has 170 valence electrons. The van der Waals surface area contributed by atoms with Crippen molar-refractivity contribution >= 4 is 34.6 Å². The van der Waals surface area contributed by atoms with Crippen molar-refractivity contribution in [2.45, 2.75) is 43.5 Å². The Bertz CT molecular complexity index is 1110. The first-order valence-electron chi connectivity index (χ1n) is 10.8. The molecule has 3 aromatic rings. The molecule has 0 amide bonds. The third kappa shape index (κ3) is 4.25. The van der Waals surface area contributed by atoms with Crippen LogP contribution in [0, 0.1) is 5.92 Å². The van der Waals surface area contributed by atoms with Crippen LogP contribution in [0.4, 0.5) is 8.78 Å². The van der Waals surface area contributed by atoms with E-state index in [1.807, 2.05) is 11.4 Å². The van der Waals surface area contributed by atoms with E-state index in [1.54, 1.807) is 6.07 Å². The van der Waals surface area contributed by atoms with Crippen LogP contribution in [0.15, 0.2) is 29.6 Å². The smallest absolute Gasteiger partial charge is 0.364 e. The van der Waals surface area contributed by atoms with Gasteiger partial charge in [0.25, 0.3) is 0 Å². The van der Waals surface area contributed by atoms with Gasteiger partial charge in [-0.25, -0.2) is 14.3 Å². The topological polar surface area (TPSA) is 59.7 Å². The van der Waals surface area contributed by atoms with Gasteiger partial charge in [-0.1, -0.05) is 12.5 Å². The zero-order chi connectivity index (χ0) is 22.3. The van der Waals surface area contributed by atoms with Crippen LogP contribution in [0.3, 0.4) is 0 Å². The predicted molar refractivity (Wildman–Crippen MR) is 118 cm³/mol. The van der Waals surface area contributed by atoms with Gasteiger partial charge in [0.15, 0.2) is 11.3 Å².